The topological polar surface area (TPSA) is 94.2 Å². The van der Waals surface area contributed by atoms with Crippen LogP contribution in [-0.2, 0) is 14.8 Å². The van der Waals surface area contributed by atoms with E-state index in [4.69, 9.17) is 14.2 Å². The van der Waals surface area contributed by atoms with Crippen molar-refractivity contribution >= 4 is 21.6 Å². The lowest BCUT2D eigenvalue weighted by molar-refractivity contribution is 0.0730. The highest BCUT2D eigenvalue weighted by Crippen LogP contribution is 2.20. The average molecular weight is 483 g/mol. The van der Waals surface area contributed by atoms with Gasteiger partial charge in [0.05, 0.1) is 18.1 Å². The summed E-state index contributed by atoms with van der Waals surface area (Å²) in [5.41, 5.74) is 0.960. The molecule has 0 aliphatic carbocycles. The molecule has 0 atom stereocenters. The SMILES string of the molecule is O=C(Nc1ccc(S(=O)(=O)N2CCOCC2)cc1)c1ccc(OCCOc2ccccc2)cc1. The molecule has 1 fully saturated rings. The fraction of sp³-hybridized carbons (Fsp3) is 0.240. The lowest BCUT2D eigenvalue weighted by atomic mass is 10.2. The fourth-order valence-corrected chi connectivity index (χ4v) is 4.80. The van der Waals surface area contributed by atoms with Crippen molar-refractivity contribution in [3.8, 4) is 11.5 Å². The zero-order valence-corrected chi connectivity index (χ0v) is 19.4. The molecule has 34 heavy (non-hydrogen) atoms. The van der Waals surface area contributed by atoms with Gasteiger partial charge in [-0.05, 0) is 60.7 Å². The minimum Gasteiger partial charge on any atom is -0.490 e. The van der Waals surface area contributed by atoms with E-state index < -0.39 is 10.0 Å². The van der Waals surface area contributed by atoms with Gasteiger partial charge in [0.1, 0.15) is 24.7 Å². The Morgan fingerprint density at radius 1 is 0.824 bits per heavy atom. The monoisotopic (exact) mass is 482 g/mol. The van der Waals surface area contributed by atoms with Crippen molar-refractivity contribution in [2.75, 3.05) is 44.8 Å². The molecule has 1 aliphatic heterocycles. The quantitative estimate of drug-likeness (QED) is 0.470. The minimum absolute atomic E-state index is 0.185. The summed E-state index contributed by atoms with van der Waals surface area (Å²) in [6, 6.07) is 22.4. The molecule has 8 nitrogen and oxygen atoms in total. The summed E-state index contributed by atoms with van der Waals surface area (Å²) < 4.78 is 43.3. The second-order valence-corrected chi connectivity index (χ2v) is 9.47. The third-order valence-electron chi connectivity index (χ3n) is 5.20. The molecular weight excluding hydrogens is 456 g/mol. The van der Waals surface area contributed by atoms with Crippen LogP contribution in [0.2, 0.25) is 0 Å². The van der Waals surface area contributed by atoms with Gasteiger partial charge in [-0.2, -0.15) is 4.31 Å². The third kappa shape index (κ3) is 6.13. The van der Waals surface area contributed by atoms with Crippen molar-refractivity contribution in [2.45, 2.75) is 4.90 Å². The van der Waals surface area contributed by atoms with Gasteiger partial charge in [0.2, 0.25) is 10.0 Å². The van der Waals surface area contributed by atoms with Crippen LogP contribution in [0.4, 0.5) is 5.69 Å². The Labute approximate surface area is 199 Å². The first-order valence-electron chi connectivity index (χ1n) is 10.9. The highest BCUT2D eigenvalue weighted by molar-refractivity contribution is 7.89. The molecular formula is C25H26N2O6S. The summed E-state index contributed by atoms with van der Waals surface area (Å²) in [7, 11) is -3.57. The van der Waals surface area contributed by atoms with Crippen LogP contribution in [0.1, 0.15) is 10.4 Å². The summed E-state index contributed by atoms with van der Waals surface area (Å²) in [6.45, 7) is 2.22. The number of para-hydroxylation sites is 1. The molecule has 4 rings (SSSR count). The van der Waals surface area contributed by atoms with Crippen molar-refractivity contribution in [3.63, 3.8) is 0 Å². The van der Waals surface area contributed by atoms with E-state index in [-0.39, 0.29) is 10.8 Å². The summed E-state index contributed by atoms with van der Waals surface area (Å²) in [4.78, 5) is 12.7. The van der Waals surface area contributed by atoms with Crippen molar-refractivity contribution in [1.29, 1.82) is 0 Å². The maximum absolute atomic E-state index is 12.7. The zero-order valence-electron chi connectivity index (χ0n) is 18.6. The van der Waals surface area contributed by atoms with Crippen LogP contribution in [-0.4, -0.2) is 58.1 Å². The number of amides is 1. The van der Waals surface area contributed by atoms with Gasteiger partial charge in [-0.1, -0.05) is 18.2 Å². The van der Waals surface area contributed by atoms with E-state index in [0.29, 0.717) is 56.5 Å². The number of hydrogen-bond acceptors (Lipinski definition) is 6. The molecule has 9 heteroatoms. The van der Waals surface area contributed by atoms with Gasteiger partial charge in [-0.25, -0.2) is 8.42 Å². The van der Waals surface area contributed by atoms with E-state index in [2.05, 4.69) is 5.32 Å². The van der Waals surface area contributed by atoms with E-state index in [1.54, 1.807) is 36.4 Å². The van der Waals surface area contributed by atoms with Crippen LogP contribution < -0.4 is 14.8 Å². The predicted molar refractivity (Wildman–Crippen MR) is 128 cm³/mol. The normalized spacial score (nSPS) is 14.4. The van der Waals surface area contributed by atoms with Gasteiger partial charge in [-0.15, -0.1) is 0 Å². The van der Waals surface area contributed by atoms with E-state index in [9.17, 15) is 13.2 Å². The van der Waals surface area contributed by atoms with Crippen molar-refractivity contribution < 1.29 is 27.4 Å². The number of sulfonamides is 1. The molecule has 3 aromatic rings. The van der Waals surface area contributed by atoms with Crippen LogP contribution in [0, 0.1) is 0 Å². The molecule has 1 aliphatic rings. The lowest BCUT2D eigenvalue weighted by Gasteiger charge is -2.26. The Kier molecular flexibility index (Phi) is 7.79. The first-order valence-corrected chi connectivity index (χ1v) is 12.4. The molecule has 0 aromatic heterocycles. The van der Waals surface area contributed by atoms with Gasteiger partial charge in [-0.3, -0.25) is 4.79 Å². The molecule has 0 radical (unpaired) electrons. The Bertz CT molecular complexity index is 1180. The van der Waals surface area contributed by atoms with Gasteiger partial charge in [0, 0.05) is 24.3 Å². The zero-order chi connectivity index (χ0) is 23.8. The first kappa shape index (κ1) is 23.7. The molecule has 1 heterocycles. The van der Waals surface area contributed by atoms with Crippen LogP contribution >= 0.6 is 0 Å². The summed E-state index contributed by atoms with van der Waals surface area (Å²) in [5.74, 6) is 1.11. The van der Waals surface area contributed by atoms with Crippen LogP contribution in [0.3, 0.4) is 0 Å². The van der Waals surface area contributed by atoms with E-state index in [1.807, 2.05) is 30.3 Å². The Morgan fingerprint density at radius 2 is 1.41 bits per heavy atom. The van der Waals surface area contributed by atoms with Crippen molar-refractivity contribution in [2.24, 2.45) is 0 Å². The van der Waals surface area contributed by atoms with Gasteiger partial charge >= 0.3 is 0 Å². The molecule has 1 amide bonds. The van der Waals surface area contributed by atoms with Crippen LogP contribution in [0.25, 0.3) is 0 Å². The number of rotatable bonds is 9. The third-order valence-corrected chi connectivity index (χ3v) is 7.11. The number of nitrogens with zero attached hydrogens (tertiary/aromatic N) is 1. The summed E-state index contributed by atoms with van der Waals surface area (Å²) >= 11 is 0. The molecule has 0 bridgehead atoms. The molecule has 0 spiro atoms. The number of anilines is 1. The van der Waals surface area contributed by atoms with Crippen LogP contribution in [0.15, 0.2) is 83.8 Å². The summed E-state index contributed by atoms with van der Waals surface area (Å²) in [5, 5.41) is 2.78. The maximum Gasteiger partial charge on any atom is 0.255 e. The molecule has 1 N–H and O–H groups in total. The highest BCUT2D eigenvalue weighted by atomic mass is 32.2. The molecule has 0 saturated carbocycles. The van der Waals surface area contributed by atoms with Gasteiger partial charge in [0.15, 0.2) is 0 Å². The number of morpholine rings is 1. The number of benzene rings is 3. The van der Waals surface area contributed by atoms with Crippen molar-refractivity contribution in [3.05, 3.63) is 84.4 Å². The average Bonchev–Trinajstić information content (AvgIpc) is 2.88. The second kappa shape index (κ2) is 11.1. The number of nitrogens with one attached hydrogen (secondary N) is 1. The standard InChI is InChI=1S/C25H26N2O6S/c28-25(20-6-10-23(11-7-20)33-19-18-32-22-4-2-1-3-5-22)26-21-8-12-24(13-9-21)34(29,30)27-14-16-31-17-15-27/h1-13H,14-19H2,(H,26,28). The number of ether oxygens (including phenoxy) is 3. The van der Waals surface area contributed by atoms with E-state index in [0.717, 1.165) is 5.75 Å². The molecule has 3 aromatic carbocycles. The van der Waals surface area contributed by atoms with Gasteiger partial charge < -0.3 is 19.5 Å². The predicted octanol–water partition coefficient (Wildman–Crippen LogP) is 3.42. The smallest absolute Gasteiger partial charge is 0.255 e. The largest absolute Gasteiger partial charge is 0.490 e. The maximum atomic E-state index is 12.7. The molecule has 178 valence electrons. The Hall–Kier alpha value is -3.40. The number of carbonyl (C=O) groups excluding carboxylic acids is 1. The number of hydrogen-bond donors (Lipinski definition) is 1. The Balaban J connectivity index is 1.27. The van der Waals surface area contributed by atoms with Crippen LogP contribution in [0.5, 0.6) is 11.5 Å². The molecule has 1 saturated heterocycles. The Morgan fingerprint density at radius 3 is 2.03 bits per heavy atom. The van der Waals surface area contributed by atoms with E-state index in [1.165, 1.54) is 16.4 Å². The lowest BCUT2D eigenvalue weighted by Crippen LogP contribution is -2.40. The minimum atomic E-state index is -3.57. The number of carbonyl (C=O) groups is 1. The van der Waals surface area contributed by atoms with Gasteiger partial charge in [0.25, 0.3) is 5.91 Å². The van der Waals surface area contributed by atoms with E-state index >= 15 is 0 Å². The fourth-order valence-electron chi connectivity index (χ4n) is 3.39. The highest BCUT2D eigenvalue weighted by Gasteiger charge is 2.26. The second-order valence-electron chi connectivity index (χ2n) is 7.53. The van der Waals surface area contributed by atoms with Crippen molar-refractivity contribution in [1.82, 2.24) is 4.31 Å². The first-order chi connectivity index (χ1) is 16.5. The molecule has 0 unspecified atom stereocenters. The summed E-state index contributed by atoms with van der Waals surface area (Å²) in [6.07, 6.45) is 0.